The molecule has 0 spiro atoms. The lowest BCUT2D eigenvalue weighted by Crippen LogP contribution is -2.54. The number of hydrogen-bond acceptors (Lipinski definition) is 6. The number of unbranched alkanes of at least 4 members (excludes halogenated alkanes) is 5. The van der Waals surface area contributed by atoms with Crippen LogP contribution in [0.2, 0.25) is 0 Å². The molecule has 2 aliphatic heterocycles. The van der Waals surface area contributed by atoms with Crippen LogP contribution < -0.4 is 16.0 Å². The topological polar surface area (TPSA) is 145 Å². The number of nitrogens with zero attached hydrogens (tertiary/aromatic N) is 1. The molecule has 0 saturated carbocycles. The van der Waals surface area contributed by atoms with E-state index >= 15 is 0 Å². The number of imide groups is 2. The quantitative estimate of drug-likeness (QED) is 0.302. The first-order valence-corrected chi connectivity index (χ1v) is 10.9. The minimum Gasteiger partial charge on any atom is -0.465 e. The number of fused-ring (bicyclic) bond motifs is 1. The number of anilines is 1. The van der Waals surface area contributed by atoms with Crippen LogP contribution in [-0.4, -0.2) is 58.9 Å². The normalized spacial score (nSPS) is 17.9. The highest BCUT2D eigenvalue weighted by Gasteiger charge is 2.44. The van der Waals surface area contributed by atoms with Crippen molar-refractivity contribution in [2.45, 2.75) is 57.4 Å². The SMILES string of the molecule is O=C(O)NCCCCCCCCNc1ccc2c(c1)C(=O)N(C1CCC(=O)NC1=O)C2=O. The number of benzene rings is 1. The van der Waals surface area contributed by atoms with Crippen LogP contribution >= 0.6 is 0 Å². The molecule has 1 fully saturated rings. The highest BCUT2D eigenvalue weighted by Crippen LogP contribution is 2.29. The Balaban J connectivity index is 1.43. The van der Waals surface area contributed by atoms with E-state index in [1.165, 1.54) is 0 Å². The molecule has 4 N–H and O–H groups in total. The van der Waals surface area contributed by atoms with Gasteiger partial charge in [-0.15, -0.1) is 0 Å². The van der Waals surface area contributed by atoms with Crippen molar-refractivity contribution in [2.75, 3.05) is 18.4 Å². The van der Waals surface area contributed by atoms with E-state index < -0.39 is 35.8 Å². The summed E-state index contributed by atoms with van der Waals surface area (Å²) in [4.78, 5) is 60.3. The standard InChI is InChI=1S/C22H28N4O6/c27-18-10-9-17(19(28)25-18)26-20(29)15-8-7-14(13-16(15)21(26)30)23-11-5-3-1-2-4-6-12-24-22(31)32/h7-8,13,17,23-24H,1-6,9-12H2,(H,31,32)(H,25,27,28). The first kappa shape index (κ1) is 23.2. The molecule has 32 heavy (non-hydrogen) atoms. The molecule has 1 aromatic rings. The van der Waals surface area contributed by atoms with Crippen LogP contribution in [0.25, 0.3) is 0 Å². The van der Waals surface area contributed by atoms with Gasteiger partial charge in [-0.1, -0.05) is 25.7 Å². The van der Waals surface area contributed by atoms with Crippen LogP contribution in [0.5, 0.6) is 0 Å². The van der Waals surface area contributed by atoms with E-state index in [1.54, 1.807) is 18.2 Å². The number of carbonyl (C=O) groups is 5. The van der Waals surface area contributed by atoms with E-state index in [1.807, 2.05) is 0 Å². The minimum absolute atomic E-state index is 0.0931. The molecule has 0 bridgehead atoms. The first-order chi connectivity index (χ1) is 15.4. The van der Waals surface area contributed by atoms with Gasteiger partial charge in [0.25, 0.3) is 11.8 Å². The molecule has 172 valence electrons. The third-order valence-corrected chi connectivity index (χ3v) is 5.65. The molecule has 2 heterocycles. The first-order valence-electron chi connectivity index (χ1n) is 10.9. The number of amides is 5. The molecule has 1 atom stereocenters. The van der Waals surface area contributed by atoms with Gasteiger partial charge in [0.05, 0.1) is 11.1 Å². The molecule has 10 nitrogen and oxygen atoms in total. The number of carbonyl (C=O) groups excluding carboxylic acids is 4. The summed E-state index contributed by atoms with van der Waals surface area (Å²) in [7, 11) is 0. The van der Waals surface area contributed by atoms with Crippen molar-refractivity contribution in [3.8, 4) is 0 Å². The summed E-state index contributed by atoms with van der Waals surface area (Å²) >= 11 is 0. The van der Waals surface area contributed by atoms with E-state index in [4.69, 9.17) is 5.11 Å². The summed E-state index contributed by atoms with van der Waals surface area (Å²) in [5.74, 6) is -2.04. The van der Waals surface area contributed by atoms with Crippen LogP contribution in [-0.2, 0) is 9.59 Å². The summed E-state index contributed by atoms with van der Waals surface area (Å²) in [6.07, 6.45) is 5.15. The predicted octanol–water partition coefficient (Wildman–Crippen LogP) is 2.11. The summed E-state index contributed by atoms with van der Waals surface area (Å²) in [6, 6.07) is 4.01. The third kappa shape index (κ3) is 5.63. The maximum absolute atomic E-state index is 12.8. The van der Waals surface area contributed by atoms with Crippen LogP contribution in [0.3, 0.4) is 0 Å². The van der Waals surface area contributed by atoms with E-state index in [2.05, 4.69) is 16.0 Å². The second-order valence-corrected chi connectivity index (χ2v) is 7.99. The molecule has 1 unspecified atom stereocenters. The van der Waals surface area contributed by atoms with Gasteiger partial charge < -0.3 is 15.7 Å². The van der Waals surface area contributed by atoms with Crippen molar-refractivity contribution in [1.29, 1.82) is 0 Å². The Morgan fingerprint density at radius 3 is 2.31 bits per heavy atom. The second kappa shape index (κ2) is 10.7. The summed E-state index contributed by atoms with van der Waals surface area (Å²) in [6.45, 7) is 1.20. The van der Waals surface area contributed by atoms with Gasteiger partial charge >= 0.3 is 6.09 Å². The van der Waals surface area contributed by atoms with Gasteiger partial charge in [-0.05, 0) is 37.5 Å². The average Bonchev–Trinajstić information content (AvgIpc) is 2.99. The molecule has 1 aromatic carbocycles. The lowest BCUT2D eigenvalue weighted by atomic mass is 10.0. The maximum Gasteiger partial charge on any atom is 0.404 e. The Morgan fingerprint density at radius 1 is 0.969 bits per heavy atom. The number of piperidine rings is 1. The zero-order valence-electron chi connectivity index (χ0n) is 17.8. The van der Waals surface area contributed by atoms with Crippen LogP contribution in [0.4, 0.5) is 10.5 Å². The Hall–Kier alpha value is -3.43. The van der Waals surface area contributed by atoms with Gasteiger partial charge in [-0.3, -0.25) is 29.4 Å². The number of nitrogens with one attached hydrogen (secondary N) is 3. The molecular formula is C22H28N4O6. The van der Waals surface area contributed by atoms with Gasteiger partial charge in [0.1, 0.15) is 6.04 Å². The largest absolute Gasteiger partial charge is 0.465 e. The van der Waals surface area contributed by atoms with Crippen LogP contribution in [0, 0.1) is 0 Å². The van der Waals surface area contributed by atoms with Crippen molar-refractivity contribution >= 4 is 35.4 Å². The fraction of sp³-hybridized carbons (Fsp3) is 0.500. The fourth-order valence-electron chi connectivity index (χ4n) is 3.97. The van der Waals surface area contributed by atoms with E-state index in [-0.39, 0.29) is 24.0 Å². The molecule has 1 saturated heterocycles. The van der Waals surface area contributed by atoms with Gasteiger partial charge in [0, 0.05) is 25.2 Å². The molecule has 3 rings (SSSR count). The lowest BCUT2D eigenvalue weighted by Gasteiger charge is -2.27. The van der Waals surface area contributed by atoms with Gasteiger partial charge in [-0.25, -0.2) is 4.79 Å². The van der Waals surface area contributed by atoms with E-state index in [0.717, 1.165) is 55.7 Å². The van der Waals surface area contributed by atoms with Crippen molar-refractivity contribution in [3.05, 3.63) is 29.3 Å². The second-order valence-electron chi connectivity index (χ2n) is 7.99. The van der Waals surface area contributed by atoms with Gasteiger partial charge in [0.15, 0.2) is 0 Å². The van der Waals surface area contributed by atoms with Crippen molar-refractivity contribution in [2.24, 2.45) is 0 Å². The minimum atomic E-state index is -0.989. The zero-order chi connectivity index (χ0) is 23.1. The van der Waals surface area contributed by atoms with Crippen molar-refractivity contribution < 1.29 is 29.1 Å². The molecule has 0 aliphatic carbocycles. The zero-order valence-corrected chi connectivity index (χ0v) is 17.8. The summed E-state index contributed by atoms with van der Waals surface area (Å²) < 4.78 is 0. The van der Waals surface area contributed by atoms with E-state index in [9.17, 15) is 24.0 Å². The van der Waals surface area contributed by atoms with Gasteiger partial charge in [0.2, 0.25) is 11.8 Å². The molecule has 10 heteroatoms. The van der Waals surface area contributed by atoms with Gasteiger partial charge in [-0.2, -0.15) is 0 Å². The summed E-state index contributed by atoms with van der Waals surface area (Å²) in [5.41, 5.74) is 1.26. The predicted molar refractivity (Wildman–Crippen MR) is 115 cm³/mol. The highest BCUT2D eigenvalue weighted by molar-refractivity contribution is 6.23. The summed E-state index contributed by atoms with van der Waals surface area (Å²) in [5, 5.41) is 16.3. The molecule has 5 amide bonds. The Labute approximate surface area is 185 Å². The molecular weight excluding hydrogens is 416 g/mol. The van der Waals surface area contributed by atoms with E-state index in [0.29, 0.717) is 6.54 Å². The third-order valence-electron chi connectivity index (χ3n) is 5.65. The molecule has 0 radical (unpaired) electrons. The average molecular weight is 444 g/mol. The number of carboxylic acid groups (broad SMARTS) is 1. The monoisotopic (exact) mass is 444 g/mol. The molecule has 2 aliphatic rings. The smallest absolute Gasteiger partial charge is 0.404 e. The maximum atomic E-state index is 12.8. The Bertz CT molecular complexity index is 916. The number of hydrogen-bond donors (Lipinski definition) is 4. The fourth-order valence-corrected chi connectivity index (χ4v) is 3.97. The van der Waals surface area contributed by atoms with Crippen LogP contribution in [0.15, 0.2) is 18.2 Å². The molecule has 0 aromatic heterocycles. The number of rotatable bonds is 11. The Kier molecular flexibility index (Phi) is 7.80. The Morgan fingerprint density at radius 2 is 1.62 bits per heavy atom. The lowest BCUT2D eigenvalue weighted by molar-refractivity contribution is -0.136. The van der Waals surface area contributed by atoms with Crippen molar-refractivity contribution in [3.63, 3.8) is 0 Å². The van der Waals surface area contributed by atoms with Crippen molar-refractivity contribution in [1.82, 2.24) is 15.5 Å². The van der Waals surface area contributed by atoms with Crippen LogP contribution in [0.1, 0.15) is 72.1 Å². The highest BCUT2D eigenvalue weighted by atomic mass is 16.4.